The lowest BCUT2D eigenvalue weighted by Gasteiger charge is -2.22. The summed E-state index contributed by atoms with van der Waals surface area (Å²) in [4.78, 5) is 11.7. The van der Waals surface area contributed by atoms with Crippen LogP contribution in [0.5, 0.6) is 0 Å². The number of alkyl halides is 1. The van der Waals surface area contributed by atoms with Crippen LogP contribution in [0.15, 0.2) is 0 Å². The lowest BCUT2D eigenvalue weighted by Crippen LogP contribution is -2.44. The van der Waals surface area contributed by atoms with Crippen LogP contribution in [0, 0.1) is 5.41 Å². The van der Waals surface area contributed by atoms with Crippen LogP contribution in [0.2, 0.25) is 0 Å². The second kappa shape index (κ2) is 4.29. The molecule has 4 nitrogen and oxygen atoms in total. The van der Waals surface area contributed by atoms with E-state index in [0.717, 1.165) is 0 Å². The molecule has 1 fully saturated rings. The molecule has 1 heterocycles. The van der Waals surface area contributed by atoms with Crippen molar-refractivity contribution in [3.8, 4) is 0 Å². The fourth-order valence-electron chi connectivity index (χ4n) is 1.35. The molecule has 0 spiro atoms. The van der Waals surface area contributed by atoms with Gasteiger partial charge in [-0.3, -0.25) is 4.79 Å². The number of carbonyl (C=O) groups excluding carboxylic acids is 1. The van der Waals surface area contributed by atoms with Gasteiger partial charge in [0.1, 0.15) is 0 Å². The van der Waals surface area contributed by atoms with Crippen molar-refractivity contribution in [1.82, 2.24) is 5.32 Å². The highest BCUT2D eigenvalue weighted by Crippen LogP contribution is 2.19. The van der Waals surface area contributed by atoms with Crippen LogP contribution >= 0.6 is 11.6 Å². The normalized spacial score (nSPS) is 25.1. The molecule has 1 amide bonds. The lowest BCUT2D eigenvalue weighted by molar-refractivity contribution is -0.128. The van der Waals surface area contributed by atoms with Crippen molar-refractivity contribution in [3.63, 3.8) is 0 Å². The van der Waals surface area contributed by atoms with Gasteiger partial charge in [-0.1, -0.05) is 0 Å². The first-order chi connectivity index (χ1) is 6.77. The third kappa shape index (κ3) is 3.34. The van der Waals surface area contributed by atoms with E-state index in [1.54, 1.807) is 13.8 Å². The van der Waals surface area contributed by atoms with Crippen molar-refractivity contribution in [2.24, 2.45) is 5.41 Å². The van der Waals surface area contributed by atoms with Crippen LogP contribution in [-0.2, 0) is 14.6 Å². The third-order valence-corrected chi connectivity index (χ3v) is 4.95. The van der Waals surface area contributed by atoms with Crippen LogP contribution in [0.3, 0.4) is 0 Å². The molecule has 6 heteroatoms. The van der Waals surface area contributed by atoms with Crippen LogP contribution in [0.4, 0.5) is 0 Å². The van der Waals surface area contributed by atoms with Crippen molar-refractivity contribution in [2.45, 2.75) is 26.3 Å². The Morgan fingerprint density at radius 1 is 1.53 bits per heavy atom. The Hall–Kier alpha value is -0.290. The SMILES string of the molecule is CC(C)(CCl)C(=O)NC1CCS(=O)(=O)C1. The highest BCUT2D eigenvalue weighted by Gasteiger charge is 2.33. The van der Waals surface area contributed by atoms with Gasteiger partial charge in [-0.2, -0.15) is 0 Å². The fraction of sp³-hybridized carbons (Fsp3) is 0.889. The van der Waals surface area contributed by atoms with Gasteiger partial charge in [0.2, 0.25) is 5.91 Å². The monoisotopic (exact) mass is 253 g/mol. The van der Waals surface area contributed by atoms with E-state index in [-0.39, 0.29) is 29.3 Å². The minimum atomic E-state index is -2.94. The molecule has 1 aliphatic heterocycles. The third-order valence-electron chi connectivity index (χ3n) is 2.52. The predicted molar refractivity (Wildman–Crippen MR) is 59.7 cm³/mol. The standard InChI is InChI=1S/C9H16ClNO3S/c1-9(2,6-10)8(12)11-7-3-4-15(13,14)5-7/h7H,3-6H2,1-2H3,(H,11,12). The lowest BCUT2D eigenvalue weighted by atomic mass is 9.95. The first-order valence-corrected chi connectivity index (χ1v) is 7.20. The maximum absolute atomic E-state index is 11.7. The average molecular weight is 254 g/mol. The van der Waals surface area contributed by atoms with E-state index < -0.39 is 15.3 Å². The summed E-state index contributed by atoms with van der Waals surface area (Å²) in [5, 5.41) is 2.72. The smallest absolute Gasteiger partial charge is 0.227 e. The summed E-state index contributed by atoms with van der Waals surface area (Å²) in [7, 11) is -2.94. The minimum absolute atomic E-state index is 0.0527. The van der Waals surface area contributed by atoms with E-state index in [2.05, 4.69) is 5.32 Å². The highest BCUT2D eigenvalue weighted by atomic mass is 35.5. The molecule has 0 aromatic rings. The van der Waals surface area contributed by atoms with Gasteiger partial charge in [0.25, 0.3) is 0 Å². The number of halogens is 1. The molecule has 1 aliphatic rings. The molecule has 88 valence electrons. The van der Waals surface area contributed by atoms with Gasteiger partial charge in [0.15, 0.2) is 9.84 Å². The molecular formula is C9H16ClNO3S. The van der Waals surface area contributed by atoms with Crippen LogP contribution in [-0.4, -0.2) is 37.8 Å². The second-order valence-corrected chi connectivity index (χ2v) is 7.09. The fourth-order valence-corrected chi connectivity index (χ4v) is 3.15. The quantitative estimate of drug-likeness (QED) is 0.748. The van der Waals surface area contributed by atoms with Gasteiger partial charge < -0.3 is 5.32 Å². The Kier molecular flexibility index (Phi) is 3.66. The summed E-state index contributed by atoms with van der Waals surface area (Å²) in [6.07, 6.45) is 0.506. The largest absolute Gasteiger partial charge is 0.352 e. The average Bonchev–Trinajstić information content (AvgIpc) is 2.45. The molecule has 1 rings (SSSR count). The zero-order valence-corrected chi connectivity index (χ0v) is 10.5. The molecule has 0 saturated carbocycles. The summed E-state index contributed by atoms with van der Waals surface area (Å²) in [6.45, 7) is 3.47. The topological polar surface area (TPSA) is 63.2 Å². The summed E-state index contributed by atoms with van der Waals surface area (Å²) in [5.41, 5.74) is -0.645. The van der Waals surface area contributed by atoms with Gasteiger partial charge >= 0.3 is 0 Å². The predicted octanol–water partition coefficient (Wildman–Crippen LogP) is 0.555. The zero-order valence-electron chi connectivity index (χ0n) is 8.92. The molecule has 0 aliphatic carbocycles. The van der Waals surface area contributed by atoms with Crippen molar-refractivity contribution < 1.29 is 13.2 Å². The molecule has 0 aromatic carbocycles. The highest BCUT2D eigenvalue weighted by molar-refractivity contribution is 7.91. The molecule has 1 N–H and O–H groups in total. The maximum atomic E-state index is 11.7. The number of rotatable bonds is 3. The molecule has 1 saturated heterocycles. The Morgan fingerprint density at radius 2 is 2.13 bits per heavy atom. The molecular weight excluding hydrogens is 238 g/mol. The van der Waals surface area contributed by atoms with Crippen molar-refractivity contribution in [3.05, 3.63) is 0 Å². The zero-order chi connectivity index (χ0) is 11.7. The Bertz CT molecular complexity index is 350. The van der Waals surface area contributed by atoms with Crippen LogP contribution < -0.4 is 5.32 Å². The van der Waals surface area contributed by atoms with E-state index in [4.69, 9.17) is 11.6 Å². The summed E-state index contributed by atoms with van der Waals surface area (Å²) in [5.74, 6) is 0.258. The summed E-state index contributed by atoms with van der Waals surface area (Å²) in [6, 6.07) is -0.245. The number of carbonyl (C=O) groups is 1. The molecule has 15 heavy (non-hydrogen) atoms. The maximum Gasteiger partial charge on any atom is 0.227 e. The van der Waals surface area contributed by atoms with E-state index in [9.17, 15) is 13.2 Å². The van der Waals surface area contributed by atoms with Gasteiger partial charge in [0, 0.05) is 11.9 Å². The number of nitrogens with one attached hydrogen (secondary N) is 1. The van der Waals surface area contributed by atoms with Crippen molar-refractivity contribution in [1.29, 1.82) is 0 Å². The molecule has 1 atom stereocenters. The Balaban J connectivity index is 2.54. The van der Waals surface area contributed by atoms with E-state index >= 15 is 0 Å². The molecule has 0 radical (unpaired) electrons. The van der Waals surface area contributed by atoms with Crippen molar-refractivity contribution >= 4 is 27.3 Å². The molecule has 0 aromatic heterocycles. The number of hydrogen-bond donors (Lipinski definition) is 1. The minimum Gasteiger partial charge on any atom is -0.352 e. The van der Waals surface area contributed by atoms with Gasteiger partial charge in [0.05, 0.1) is 16.9 Å². The number of hydrogen-bond acceptors (Lipinski definition) is 3. The first kappa shape index (κ1) is 12.8. The Labute approximate surface area is 95.3 Å². The van der Waals surface area contributed by atoms with Gasteiger partial charge in [-0.15, -0.1) is 11.6 Å². The van der Waals surface area contributed by atoms with Crippen molar-refractivity contribution in [2.75, 3.05) is 17.4 Å². The van der Waals surface area contributed by atoms with Crippen LogP contribution in [0.1, 0.15) is 20.3 Å². The summed E-state index contributed by atoms with van der Waals surface area (Å²) < 4.78 is 22.3. The molecule has 0 bridgehead atoms. The van der Waals surface area contributed by atoms with Crippen LogP contribution in [0.25, 0.3) is 0 Å². The Morgan fingerprint density at radius 3 is 2.53 bits per heavy atom. The number of sulfone groups is 1. The van der Waals surface area contributed by atoms with E-state index in [1.165, 1.54) is 0 Å². The molecule has 1 unspecified atom stereocenters. The van der Waals surface area contributed by atoms with Gasteiger partial charge in [-0.05, 0) is 20.3 Å². The second-order valence-electron chi connectivity index (χ2n) is 4.59. The number of amides is 1. The van der Waals surface area contributed by atoms with Gasteiger partial charge in [-0.25, -0.2) is 8.42 Å². The first-order valence-electron chi connectivity index (χ1n) is 4.84. The van der Waals surface area contributed by atoms with E-state index in [0.29, 0.717) is 6.42 Å². The van der Waals surface area contributed by atoms with E-state index in [1.807, 2.05) is 0 Å². The summed E-state index contributed by atoms with van der Waals surface area (Å²) >= 11 is 5.65.